The van der Waals surface area contributed by atoms with E-state index in [1.165, 1.54) is 97.9 Å². The van der Waals surface area contributed by atoms with Crippen LogP contribution in [0.15, 0.2) is 231 Å². The minimum atomic E-state index is -2.67. The van der Waals surface area contributed by atoms with Crippen molar-refractivity contribution in [2.75, 3.05) is 0 Å². The van der Waals surface area contributed by atoms with Gasteiger partial charge in [-0.05, 0) is 110 Å². The third-order valence-electron chi connectivity index (χ3n) is 13.2. The van der Waals surface area contributed by atoms with Gasteiger partial charge in [0.1, 0.15) is 0 Å². The summed E-state index contributed by atoms with van der Waals surface area (Å²) in [5, 5.41) is 10.6. The van der Waals surface area contributed by atoms with Gasteiger partial charge in [-0.15, -0.1) is 0 Å². The number of benzene rings is 10. The van der Waals surface area contributed by atoms with Crippen LogP contribution in [-0.4, -0.2) is 8.07 Å². The second kappa shape index (κ2) is 14.3. The largest absolute Gasteiger partial charge is 0.179 e. The maximum Gasteiger partial charge on any atom is 0.179 e. The first-order chi connectivity index (χ1) is 29.5. The van der Waals surface area contributed by atoms with E-state index in [9.17, 15) is 0 Å². The van der Waals surface area contributed by atoms with E-state index in [-0.39, 0.29) is 5.41 Å². The van der Waals surface area contributed by atoms with Gasteiger partial charge in [-0.1, -0.05) is 232 Å². The molecule has 10 aromatic carbocycles. The smallest absolute Gasteiger partial charge is 0.0623 e. The fourth-order valence-electron chi connectivity index (χ4n) is 10.4. The van der Waals surface area contributed by atoms with Crippen molar-refractivity contribution in [1.29, 1.82) is 0 Å². The predicted octanol–water partition coefficient (Wildman–Crippen LogP) is 12.7. The van der Waals surface area contributed by atoms with Crippen LogP contribution in [-0.2, 0) is 5.41 Å². The van der Waals surface area contributed by atoms with Crippen molar-refractivity contribution < 1.29 is 0 Å². The second-order valence-electron chi connectivity index (χ2n) is 16.8. The first-order valence-corrected chi connectivity index (χ1v) is 23.1. The Bertz CT molecular complexity index is 3090. The Morgan fingerprint density at radius 2 is 0.717 bits per heavy atom. The zero-order valence-electron chi connectivity index (χ0n) is 33.9. The van der Waals surface area contributed by atoms with Gasteiger partial charge in [0.05, 0.1) is 0 Å². The molecule has 284 valence electrons. The third-order valence-corrected chi connectivity index (χ3v) is 18.0. The van der Waals surface area contributed by atoms with E-state index in [0.717, 1.165) is 0 Å². The van der Waals surface area contributed by atoms with Gasteiger partial charge in [0.15, 0.2) is 8.07 Å². The molecule has 1 heteroatoms. The first kappa shape index (κ1) is 36.0. The number of hydrogen-bond acceptors (Lipinski definition) is 0. The van der Waals surface area contributed by atoms with Crippen LogP contribution >= 0.6 is 0 Å². The minimum Gasteiger partial charge on any atom is -0.0623 e. The maximum atomic E-state index is 2.47. The van der Waals surface area contributed by atoms with Crippen LogP contribution in [0.5, 0.6) is 0 Å². The summed E-state index contributed by atoms with van der Waals surface area (Å²) in [7, 11) is -2.67. The molecule has 0 heterocycles. The number of fused-ring (bicyclic) bond motifs is 5. The molecule has 0 saturated heterocycles. The maximum absolute atomic E-state index is 2.67. The van der Waals surface area contributed by atoms with Crippen LogP contribution < -0.4 is 20.7 Å². The Morgan fingerprint density at radius 1 is 0.283 bits per heavy atom. The lowest BCUT2D eigenvalue weighted by Gasteiger charge is -2.34. The molecule has 0 radical (unpaired) electrons. The first-order valence-electron chi connectivity index (χ1n) is 21.1. The lowest BCUT2D eigenvalue weighted by Crippen LogP contribution is -2.74. The van der Waals surface area contributed by atoms with Crippen LogP contribution in [0.25, 0.3) is 66.1 Å². The second-order valence-corrected chi connectivity index (χ2v) is 20.6. The van der Waals surface area contributed by atoms with E-state index >= 15 is 0 Å². The molecule has 0 saturated carbocycles. The van der Waals surface area contributed by atoms with Crippen LogP contribution in [0.3, 0.4) is 0 Å². The van der Waals surface area contributed by atoms with E-state index in [1.54, 1.807) is 0 Å². The molecule has 0 aromatic heterocycles. The molecule has 60 heavy (non-hydrogen) atoms. The fraction of sp³-hybridized carbons (Fsp3) is 0.0508. The molecule has 0 N–H and O–H groups in total. The highest BCUT2D eigenvalue weighted by Gasteiger charge is 2.41. The molecule has 0 atom stereocenters. The standard InChI is InChI=1S/C59H44Si/c1-59(2)55-30-18-17-27-49(55)53-40-44(34-38-56(53)59)58-51-29-16-15-28-50(51)57(52-37-33-43(39-54(52)58)41-19-7-3-8-20-41)42-31-35-48(36-32-42)60(45-21-9-4-10-22-45,46-23-11-5-12-24-46)47-25-13-6-14-26-47/h3-40H,1-2H3. The molecule has 11 rings (SSSR count). The van der Waals surface area contributed by atoms with Gasteiger partial charge < -0.3 is 0 Å². The van der Waals surface area contributed by atoms with Gasteiger partial charge in [-0.25, -0.2) is 0 Å². The van der Waals surface area contributed by atoms with Gasteiger partial charge in [0, 0.05) is 5.41 Å². The molecule has 0 amide bonds. The van der Waals surface area contributed by atoms with Crippen molar-refractivity contribution in [2.45, 2.75) is 19.3 Å². The van der Waals surface area contributed by atoms with Crippen LogP contribution in [0.1, 0.15) is 25.0 Å². The lowest BCUT2D eigenvalue weighted by molar-refractivity contribution is 0.660. The van der Waals surface area contributed by atoms with Gasteiger partial charge in [-0.3, -0.25) is 0 Å². The topological polar surface area (TPSA) is 0 Å². The average molecular weight is 781 g/mol. The van der Waals surface area contributed by atoms with Crippen molar-refractivity contribution in [1.82, 2.24) is 0 Å². The summed E-state index contributed by atoms with van der Waals surface area (Å²) < 4.78 is 0. The highest BCUT2D eigenvalue weighted by Crippen LogP contribution is 2.51. The molecular weight excluding hydrogens is 737 g/mol. The van der Waals surface area contributed by atoms with E-state index in [2.05, 4.69) is 244 Å². The summed E-state index contributed by atoms with van der Waals surface area (Å²) in [4.78, 5) is 0. The monoisotopic (exact) mass is 780 g/mol. The molecule has 0 unspecified atom stereocenters. The molecular formula is C59H44Si. The molecule has 0 spiro atoms. The van der Waals surface area contributed by atoms with Crippen molar-refractivity contribution in [3.05, 3.63) is 242 Å². The molecule has 10 aromatic rings. The summed E-state index contributed by atoms with van der Waals surface area (Å²) in [5.74, 6) is 0. The summed E-state index contributed by atoms with van der Waals surface area (Å²) in [6, 6.07) is 86.4. The summed E-state index contributed by atoms with van der Waals surface area (Å²) in [6.07, 6.45) is 0. The Morgan fingerprint density at radius 3 is 1.32 bits per heavy atom. The van der Waals surface area contributed by atoms with Crippen molar-refractivity contribution in [2.24, 2.45) is 0 Å². The van der Waals surface area contributed by atoms with E-state index in [1.807, 2.05) is 0 Å². The summed E-state index contributed by atoms with van der Waals surface area (Å²) in [6.45, 7) is 4.72. The third kappa shape index (κ3) is 5.58. The molecule has 1 aliphatic rings. The highest BCUT2D eigenvalue weighted by atomic mass is 28.3. The van der Waals surface area contributed by atoms with E-state index in [0.29, 0.717) is 0 Å². The molecule has 0 bridgehead atoms. The van der Waals surface area contributed by atoms with Gasteiger partial charge in [-0.2, -0.15) is 0 Å². The quantitative estimate of drug-likeness (QED) is 0.0858. The van der Waals surface area contributed by atoms with Crippen LogP contribution in [0.4, 0.5) is 0 Å². The fourth-order valence-corrected chi connectivity index (χ4v) is 15.2. The Labute approximate surface area is 354 Å². The summed E-state index contributed by atoms with van der Waals surface area (Å²) in [5.41, 5.74) is 12.9. The highest BCUT2D eigenvalue weighted by molar-refractivity contribution is 7.19. The van der Waals surface area contributed by atoms with Crippen LogP contribution in [0, 0.1) is 0 Å². The normalized spacial score (nSPS) is 13.0. The van der Waals surface area contributed by atoms with Crippen molar-refractivity contribution in [3.8, 4) is 44.5 Å². The Balaban J connectivity index is 1.17. The Hall–Kier alpha value is -7.06. The van der Waals surface area contributed by atoms with Gasteiger partial charge >= 0.3 is 0 Å². The lowest BCUT2D eigenvalue weighted by atomic mass is 9.81. The van der Waals surface area contributed by atoms with E-state index in [4.69, 9.17) is 0 Å². The van der Waals surface area contributed by atoms with Gasteiger partial charge in [0.2, 0.25) is 0 Å². The zero-order valence-corrected chi connectivity index (χ0v) is 34.9. The van der Waals surface area contributed by atoms with E-state index < -0.39 is 8.07 Å². The SMILES string of the molecule is CC1(C)c2ccccc2-c2cc(-c3c4ccccc4c(-c4ccc([Si](c5ccccc5)(c5ccccc5)c5ccccc5)cc4)c4ccc(-c5ccccc5)cc34)ccc21. The molecule has 0 aliphatic heterocycles. The predicted molar refractivity (Wildman–Crippen MR) is 259 cm³/mol. The average Bonchev–Trinajstić information content (AvgIpc) is 3.55. The molecule has 1 aliphatic carbocycles. The van der Waals surface area contributed by atoms with Gasteiger partial charge in [0.25, 0.3) is 0 Å². The number of rotatable bonds is 7. The summed E-state index contributed by atoms with van der Waals surface area (Å²) >= 11 is 0. The minimum absolute atomic E-state index is 0.0485. The van der Waals surface area contributed by atoms with Crippen LogP contribution in [0.2, 0.25) is 0 Å². The number of hydrogen-bond donors (Lipinski definition) is 0. The van der Waals surface area contributed by atoms with Crippen molar-refractivity contribution in [3.63, 3.8) is 0 Å². The Kier molecular flexibility index (Phi) is 8.62. The molecule has 0 nitrogen and oxygen atoms in total. The molecule has 0 fully saturated rings. The van der Waals surface area contributed by atoms with Crippen molar-refractivity contribution >= 4 is 50.4 Å². The zero-order chi connectivity index (χ0) is 40.3.